The van der Waals surface area contributed by atoms with Gasteiger partial charge in [-0.2, -0.15) is 5.10 Å². The summed E-state index contributed by atoms with van der Waals surface area (Å²) in [5.41, 5.74) is 0.628. The predicted molar refractivity (Wildman–Crippen MR) is 81.6 cm³/mol. The summed E-state index contributed by atoms with van der Waals surface area (Å²) in [5.74, 6) is 0. The zero-order valence-corrected chi connectivity index (χ0v) is 11.9. The van der Waals surface area contributed by atoms with Crippen LogP contribution >= 0.6 is 23.2 Å². The van der Waals surface area contributed by atoms with Crippen molar-refractivity contribution in [3.05, 3.63) is 74.6 Å². The monoisotopic (exact) mass is 304 g/mol. The van der Waals surface area contributed by atoms with Gasteiger partial charge in [-0.25, -0.2) is 4.68 Å². The zero-order valence-electron chi connectivity index (χ0n) is 10.4. The van der Waals surface area contributed by atoms with Gasteiger partial charge >= 0.3 is 0 Å². The third-order valence-electron chi connectivity index (χ3n) is 3.14. The van der Waals surface area contributed by atoms with Crippen LogP contribution in [-0.2, 0) is 6.54 Å². The number of rotatable bonds is 2. The lowest BCUT2D eigenvalue weighted by Gasteiger charge is -2.08. The fourth-order valence-electron chi connectivity index (χ4n) is 2.15. The highest BCUT2D eigenvalue weighted by atomic mass is 35.5. The molecule has 5 heteroatoms. The molecule has 2 aromatic carbocycles. The van der Waals surface area contributed by atoms with E-state index in [1.807, 2.05) is 42.5 Å². The number of aromatic nitrogens is 2. The Bertz CT molecular complexity index is 837. The molecule has 3 aromatic rings. The molecule has 0 aliphatic heterocycles. The lowest BCUT2D eigenvalue weighted by molar-refractivity contribution is 0.642. The van der Waals surface area contributed by atoms with E-state index in [0.29, 0.717) is 6.54 Å². The molecule has 0 atom stereocenters. The highest BCUT2D eigenvalue weighted by molar-refractivity contribution is 6.41. The van der Waals surface area contributed by atoms with Crippen LogP contribution in [0.25, 0.3) is 10.8 Å². The summed E-state index contributed by atoms with van der Waals surface area (Å²) in [5, 5.41) is 6.42. The molecule has 0 saturated carbocycles. The first-order chi connectivity index (χ1) is 9.66. The second kappa shape index (κ2) is 5.27. The Kier molecular flexibility index (Phi) is 3.47. The molecule has 0 aliphatic carbocycles. The second-order valence-electron chi connectivity index (χ2n) is 4.41. The summed E-state index contributed by atoms with van der Waals surface area (Å²) in [6.45, 7) is 0.358. The fraction of sp³-hybridized carbons (Fsp3) is 0.0667. The van der Waals surface area contributed by atoms with Crippen molar-refractivity contribution < 1.29 is 0 Å². The van der Waals surface area contributed by atoms with Crippen molar-refractivity contribution in [3.8, 4) is 0 Å². The van der Waals surface area contributed by atoms with Crippen molar-refractivity contribution in [2.45, 2.75) is 6.54 Å². The Morgan fingerprint density at radius 2 is 1.80 bits per heavy atom. The average molecular weight is 305 g/mol. The van der Waals surface area contributed by atoms with Gasteiger partial charge in [0.05, 0.1) is 17.8 Å². The van der Waals surface area contributed by atoms with Crippen LogP contribution < -0.4 is 5.56 Å². The first-order valence-electron chi connectivity index (χ1n) is 6.04. The SMILES string of the molecule is O=c1c(Cl)c(Cl)cnn1Cc1cccc2ccccc12. The molecular weight excluding hydrogens is 295 g/mol. The average Bonchev–Trinajstić information content (AvgIpc) is 2.48. The lowest BCUT2D eigenvalue weighted by atomic mass is 10.0. The molecule has 3 nitrogen and oxygen atoms in total. The molecule has 100 valence electrons. The Morgan fingerprint density at radius 3 is 2.65 bits per heavy atom. The molecule has 0 saturated heterocycles. The van der Waals surface area contributed by atoms with E-state index in [1.54, 1.807) is 0 Å². The van der Waals surface area contributed by atoms with E-state index in [0.717, 1.165) is 16.3 Å². The van der Waals surface area contributed by atoms with Crippen LogP contribution in [0.15, 0.2) is 53.5 Å². The number of benzene rings is 2. The van der Waals surface area contributed by atoms with Crippen molar-refractivity contribution in [1.82, 2.24) is 9.78 Å². The Labute approximate surface area is 125 Å². The summed E-state index contributed by atoms with van der Waals surface area (Å²) >= 11 is 11.6. The minimum atomic E-state index is -0.382. The quantitative estimate of drug-likeness (QED) is 0.722. The fourth-order valence-corrected chi connectivity index (χ4v) is 2.42. The standard InChI is InChI=1S/C15H10Cl2N2O/c16-13-8-18-19(15(20)14(13)17)9-11-6-3-5-10-4-1-2-7-12(10)11/h1-8H,9H2. The van der Waals surface area contributed by atoms with Crippen LogP contribution in [0.4, 0.5) is 0 Å². The third kappa shape index (κ3) is 2.30. The number of hydrogen-bond donors (Lipinski definition) is 0. The normalized spacial score (nSPS) is 10.9. The molecule has 0 N–H and O–H groups in total. The van der Waals surface area contributed by atoms with Crippen LogP contribution in [0.5, 0.6) is 0 Å². The van der Waals surface area contributed by atoms with Gasteiger partial charge < -0.3 is 0 Å². The minimum Gasteiger partial charge on any atom is -0.266 e. The van der Waals surface area contributed by atoms with Crippen LogP contribution in [0.2, 0.25) is 10.0 Å². The van der Waals surface area contributed by atoms with Gasteiger partial charge in [0.25, 0.3) is 5.56 Å². The molecule has 0 amide bonds. The van der Waals surface area contributed by atoms with E-state index in [2.05, 4.69) is 5.10 Å². The maximum Gasteiger partial charge on any atom is 0.287 e. The summed E-state index contributed by atoms with van der Waals surface area (Å²) in [4.78, 5) is 12.0. The summed E-state index contributed by atoms with van der Waals surface area (Å²) in [7, 11) is 0. The van der Waals surface area contributed by atoms with E-state index >= 15 is 0 Å². The highest BCUT2D eigenvalue weighted by Crippen LogP contribution is 2.20. The molecular formula is C15H10Cl2N2O. The van der Waals surface area contributed by atoms with Crippen molar-refractivity contribution in [2.75, 3.05) is 0 Å². The molecule has 3 rings (SSSR count). The van der Waals surface area contributed by atoms with Gasteiger partial charge in [-0.3, -0.25) is 4.79 Å². The zero-order chi connectivity index (χ0) is 14.1. The number of nitrogens with zero attached hydrogens (tertiary/aromatic N) is 2. The molecule has 0 aliphatic rings. The Morgan fingerprint density at radius 1 is 1.05 bits per heavy atom. The van der Waals surface area contributed by atoms with Gasteiger partial charge in [0.2, 0.25) is 0 Å². The van der Waals surface area contributed by atoms with E-state index in [9.17, 15) is 4.79 Å². The minimum absolute atomic E-state index is 0.00176. The maximum absolute atomic E-state index is 12.0. The van der Waals surface area contributed by atoms with E-state index in [-0.39, 0.29) is 15.6 Å². The first kappa shape index (κ1) is 13.2. The van der Waals surface area contributed by atoms with Crippen LogP contribution in [0.1, 0.15) is 5.56 Å². The predicted octanol–water partition coefficient (Wildman–Crippen LogP) is 3.75. The highest BCUT2D eigenvalue weighted by Gasteiger charge is 2.09. The molecule has 0 unspecified atom stereocenters. The van der Waals surface area contributed by atoms with Gasteiger partial charge in [0.1, 0.15) is 5.02 Å². The van der Waals surface area contributed by atoms with Gasteiger partial charge in [0, 0.05) is 0 Å². The number of fused-ring (bicyclic) bond motifs is 1. The maximum atomic E-state index is 12.0. The van der Waals surface area contributed by atoms with Crippen molar-refractivity contribution >= 4 is 34.0 Å². The van der Waals surface area contributed by atoms with Gasteiger partial charge in [-0.1, -0.05) is 65.7 Å². The van der Waals surface area contributed by atoms with Crippen molar-refractivity contribution in [2.24, 2.45) is 0 Å². The smallest absolute Gasteiger partial charge is 0.266 e. The van der Waals surface area contributed by atoms with Crippen molar-refractivity contribution in [1.29, 1.82) is 0 Å². The van der Waals surface area contributed by atoms with Gasteiger partial charge in [-0.15, -0.1) is 0 Å². The van der Waals surface area contributed by atoms with E-state index < -0.39 is 0 Å². The summed E-state index contributed by atoms with van der Waals surface area (Å²) in [6, 6.07) is 14.0. The Hall–Kier alpha value is -1.84. The first-order valence-corrected chi connectivity index (χ1v) is 6.80. The summed E-state index contributed by atoms with van der Waals surface area (Å²) < 4.78 is 1.32. The molecule has 20 heavy (non-hydrogen) atoms. The molecule has 1 heterocycles. The number of halogens is 2. The van der Waals surface area contributed by atoms with Crippen LogP contribution in [-0.4, -0.2) is 9.78 Å². The largest absolute Gasteiger partial charge is 0.287 e. The Balaban J connectivity index is 2.11. The molecule has 0 fully saturated rings. The van der Waals surface area contributed by atoms with E-state index in [1.165, 1.54) is 10.9 Å². The lowest BCUT2D eigenvalue weighted by Crippen LogP contribution is -2.23. The van der Waals surface area contributed by atoms with Crippen LogP contribution in [0, 0.1) is 0 Å². The number of hydrogen-bond acceptors (Lipinski definition) is 2. The van der Waals surface area contributed by atoms with Gasteiger partial charge in [-0.05, 0) is 16.3 Å². The summed E-state index contributed by atoms with van der Waals surface area (Å²) in [6.07, 6.45) is 1.39. The molecule has 0 bridgehead atoms. The third-order valence-corrected chi connectivity index (χ3v) is 3.89. The van der Waals surface area contributed by atoms with Crippen LogP contribution in [0.3, 0.4) is 0 Å². The van der Waals surface area contributed by atoms with E-state index in [4.69, 9.17) is 23.2 Å². The van der Waals surface area contributed by atoms with Crippen molar-refractivity contribution in [3.63, 3.8) is 0 Å². The topological polar surface area (TPSA) is 34.9 Å². The van der Waals surface area contributed by atoms with Gasteiger partial charge in [0.15, 0.2) is 0 Å². The second-order valence-corrected chi connectivity index (χ2v) is 5.19. The molecule has 0 spiro atoms. The molecule has 1 aromatic heterocycles. The molecule has 0 radical (unpaired) electrons.